The van der Waals surface area contributed by atoms with Crippen molar-refractivity contribution in [2.75, 3.05) is 27.2 Å². The van der Waals surface area contributed by atoms with E-state index in [-0.39, 0.29) is 11.5 Å². The molecule has 3 aromatic rings. The molecule has 1 aliphatic rings. The Kier molecular flexibility index (Phi) is 6.83. The van der Waals surface area contributed by atoms with Gasteiger partial charge >= 0.3 is 0 Å². The van der Waals surface area contributed by atoms with Crippen LogP contribution < -0.4 is 5.56 Å². The SMILES string of the molecule is CN(C)CCN(Cc1ccccc1)C(=O)CCn1cnc2sc3c(c2c1=O)CCCC3. The zero-order valence-corrected chi connectivity index (χ0v) is 19.2. The maximum absolute atomic E-state index is 13.1. The fourth-order valence-electron chi connectivity index (χ4n) is 4.13. The highest BCUT2D eigenvalue weighted by Gasteiger charge is 2.21. The van der Waals surface area contributed by atoms with E-state index < -0.39 is 0 Å². The Bertz CT molecular complexity index is 1100. The van der Waals surface area contributed by atoms with Gasteiger partial charge in [0.05, 0.1) is 11.7 Å². The Morgan fingerprint density at radius 3 is 2.68 bits per heavy atom. The van der Waals surface area contributed by atoms with Gasteiger partial charge in [-0.3, -0.25) is 14.2 Å². The molecule has 1 aromatic carbocycles. The molecular weight excluding hydrogens is 408 g/mol. The lowest BCUT2D eigenvalue weighted by Gasteiger charge is -2.25. The first-order valence-corrected chi connectivity index (χ1v) is 11.8. The van der Waals surface area contributed by atoms with E-state index in [2.05, 4.69) is 9.88 Å². The molecule has 1 amide bonds. The quantitative estimate of drug-likeness (QED) is 0.541. The van der Waals surface area contributed by atoms with E-state index in [1.807, 2.05) is 49.3 Å². The minimum Gasteiger partial charge on any atom is -0.337 e. The van der Waals surface area contributed by atoms with Gasteiger partial charge in [-0.15, -0.1) is 11.3 Å². The number of amides is 1. The van der Waals surface area contributed by atoms with Crippen molar-refractivity contribution in [1.82, 2.24) is 19.4 Å². The van der Waals surface area contributed by atoms with Crippen LogP contribution in [-0.4, -0.2) is 52.4 Å². The Labute approximate surface area is 187 Å². The van der Waals surface area contributed by atoms with Crippen molar-refractivity contribution in [2.24, 2.45) is 0 Å². The molecule has 0 N–H and O–H groups in total. The van der Waals surface area contributed by atoms with Crippen LogP contribution in [0.4, 0.5) is 0 Å². The van der Waals surface area contributed by atoms with E-state index in [1.165, 1.54) is 16.9 Å². The second-order valence-corrected chi connectivity index (χ2v) is 9.57. The summed E-state index contributed by atoms with van der Waals surface area (Å²) in [5, 5.41) is 0.781. The lowest BCUT2D eigenvalue weighted by atomic mass is 9.97. The van der Waals surface area contributed by atoms with E-state index in [4.69, 9.17) is 0 Å². The highest BCUT2D eigenvalue weighted by atomic mass is 32.1. The van der Waals surface area contributed by atoms with Crippen molar-refractivity contribution < 1.29 is 4.79 Å². The van der Waals surface area contributed by atoms with E-state index in [0.29, 0.717) is 26.1 Å². The molecule has 0 saturated carbocycles. The molecule has 7 heteroatoms. The van der Waals surface area contributed by atoms with Gasteiger partial charge in [0.2, 0.25) is 5.91 Å². The summed E-state index contributed by atoms with van der Waals surface area (Å²) in [5.41, 5.74) is 2.31. The van der Waals surface area contributed by atoms with Crippen molar-refractivity contribution >= 4 is 27.5 Å². The summed E-state index contributed by atoms with van der Waals surface area (Å²) < 4.78 is 1.62. The normalized spacial score (nSPS) is 13.5. The molecule has 6 nitrogen and oxygen atoms in total. The summed E-state index contributed by atoms with van der Waals surface area (Å²) in [7, 11) is 4.01. The second-order valence-electron chi connectivity index (χ2n) is 8.49. The monoisotopic (exact) mass is 438 g/mol. The third kappa shape index (κ3) is 5.05. The molecule has 0 unspecified atom stereocenters. The van der Waals surface area contributed by atoms with Crippen LogP contribution in [0.2, 0.25) is 0 Å². The van der Waals surface area contributed by atoms with Crippen LogP contribution in [-0.2, 0) is 30.7 Å². The van der Waals surface area contributed by atoms with E-state index in [0.717, 1.165) is 41.6 Å². The van der Waals surface area contributed by atoms with Gasteiger partial charge in [-0.25, -0.2) is 4.98 Å². The van der Waals surface area contributed by atoms with Gasteiger partial charge in [0.1, 0.15) is 4.83 Å². The second kappa shape index (κ2) is 9.75. The van der Waals surface area contributed by atoms with Crippen molar-refractivity contribution in [3.8, 4) is 0 Å². The molecular formula is C24H30N4O2S. The molecule has 0 bridgehead atoms. The summed E-state index contributed by atoms with van der Waals surface area (Å²) in [6.45, 7) is 2.40. The smallest absolute Gasteiger partial charge is 0.262 e. The molecule has 31 heavy (non-hydrogen) atoms. The van der Waals surface area contributed by atoms with Gasteiger partial charge < -0.3 is 9.80 Å². The number of hydrogen-bond donors (Lipinski definition) is 0. The molecule has 0 radical (unpaired) electrons. The number of fused-ring (bicyclic) bond motifs is 3. The first-order valence-electron chi connectivity index (χ1n) is 11.0. The van der Waals surface area contributed by atoms with Crippen LogP contribution in [0.1, 0.15) is 35.3 Å². The van der Waals surface area contributed by atoms with E-state index in [9.17, 15) is 9.59 Å². The highest BCUT2D eigenvalue weighted by Crippen LogP contribution is 2.33. The summed E-state index contributed by atoms with van der Waals surface area (Å²) in [6.07, 6.45) is 6.23. The molecule has 0 spiro atoms. The van der Waals surface area contributed by atoms with E-state index >= 15 is 0 Å². The van der Waals surface area contributed by atoms with Crippen LogP contribution in [0, 0.1) is 0 Å². The number of benzene rings is 1. The van der Waals surface area contributed by atoms with Gasteiger partial charge in [0.15, 0.2) is 0 Å². The van der Waals surface area contributed by atoms with Crippen molar-refractivity contribution in [2.45, 2.75) is 45.2 Å². The largest absolute Gasteiger partial charge is 0.337 e. The fraction of sp³-hybridized carbons (Fsp3) is 0.458. The molecule has 0 aliphatic heterocycles. The third-order valence-electron chi connectivity index (χ3n) is 5.89. The zero-order chi connectivity index (χ0) is 21.8. The number of rotatable bonds is 8. The van der Waals surface area contributed by atoms with Gasteiger partial charge in [0.25, 0.3) is 5.56 Å². The molecule has 0 atom stereocenters. The maximum Gasteiger partial charge on any atom is 0.262 e. The number of nitrogens with zero attached hydrogens (tertiary/aromatic N) is 4. The van der Waals surface area contributed by atoms with Crippen molar-refractivity contribution in [1.29, 1.82) is 0 Å². The number of thiophene rings is 1. The average molecular weight is 439 g/mol. The highest BCUT2D eigenvalue weighted by molar-refractivity contribution is 7.18. The number of likely N-dealkylation sites (N-methyl/N-ethyl adjacent to an activating group) is 1. The first kappa shape index (κ1) is 21.7. The standard InChI is InChI=1S/C24H30N4O2S/c1-26(2)14-15-27(16-18-8-4-3-5-9-18)21(29)12-13-28-17-25-23-22(24(28)30)19-10-6-7-11-20(19)31-23/h3-5,8-9,17H,6-7,10-16H2,1-2H3. The summed E-state index contributed by atoms with van der Waals surface area (Å²) in [6, 6.07) is 10.0. The predicted molar refractivity (Wildman–Crippen MR) is 126 cm³/mol. The van der Waals surface area contributed by atoms with Crippen molar-refractivity contribution in [3.63, 3.8) is 0 Å². The third-order valence-corrected chi connectivity index (χ3v) is 7.09. The Morgan fingerprint density at radius 2 is 1.90 bits per heavy atom. The predicted octanol–water partition coefficient (Wildman–Crippen LogP) is 3.32. The van der Waals surface area contributed by atoms with Crippen LogP contribution in [0.25, 0.3) is 10.2 Å². The van der Waals surface area contributed by atoms with Gasteiger partial charge in [0, 0.05) is 37.5 Å². The van der Waals surface area contributed by atoms with Crippen LogP contribution in [0.3, 0.4) is 0 Å². The summed E-state index contributed by atoms with van der Waals surface area (Å²) >= 11 is 1.66. The number of aromatic nitrogens is 2. The van der Waals surface area contributed by atoms with Gasteiger partial charge in [-0.1, -0.05) is 30.3 Å². The van der Waals surface area contributed by atoms with Crippen molar-refractivity contribution in [3.05, 3.63) is 63.0 Å². The van der Waals surface area contributed by atoms with Crippen LogP contribution >= 0.6 is 11.3 Å². The molecule has 2 aromatic heterocycles. The molecule has 0 saturated heterocycles. The molecule has 164 valence electrons. The lowest BCUT2D eigenvalue weighted by Crippen LogP contribution is -2.37. The Morgan fingerprint density at radius 1 is 1.13 bits per heavy atom. The average Bonchev–Trinajstić information content (AvgIpc) is 3.16. The Hall–Kier alpha value is -2.51. The summed E-state index contributed by atoms with van der Waals surface area (Å²) in [5.74, 6) is 0.0602. The van der Waals surface area contributed by atoms with Gasteiger partial charge in [-0.05, 0) is 50.9 Å². The minimum atomic E-state index is 0.0000934. The van der Waals surface area contributed by atoms with Crippen LogP contribution in [0.5, 0.6) is 0 Å². The first-order chi connectivity index (χ1) is 15.0. The number of hydrogen-bond acceptors (Lipinski definition) is 5. The summed E-state index contributed by atoms with van der Waals surface area (Å²) in [4.78, 5) is 36.9. The minimum absolute atomic E-state index is 0.0000934. The number of carbonyl (C=O) groups excluding carboxylic acids is 1. The fourth-order valence-corrected chi connectivity index (χ4v) is 5.35. The number of carbonyl (C=O) groups is 1. The Balaban J connectivity index is 1.49. The zero-order valence-electron chi connectivity index (χ0n) is 18.3. The lowest BCUT2D eigenvalue weighted by molar-refractivity contribution is -0.132. The maximum atomic E-state index is 13.1. The number of aryl methyl sites for hydroxylation is 3. The topological polar surface area (TPSA) is 58.4 Å². The molecule has 0 fully saturated rings. The van der Waals surface area contributed by atoms with E-state index in [1.54, 1.807) is 22.2 Å². The molecule has 4 rings (SSSR count). The molecule has 2 heterocycles. The molecule has 1 aliphatic carbocycles. The van der Waals surface area contributed by atoms with Crippen LogP contribution in [0.15, 0.2) is 41.5 Å². The van der Waals surface area contributed by atoms with Gasteiger partial charge in [-0.2, -0.15) is 0 Å².